The van der Waals surface area contributed by atoms with Crippen molar-refractivity contribution in [3.8, 4) is 5.75 Å². The summed E-state index contributed by atoms with van der Waals surface area (Å²) in [4.78, 5) is 15.5. The molecule has 0 unspecified atom stereocenters. The average Bonchev–Trinajstić information content (AvgIpc) is 2.33. The Morgan fingerprint density at radius 1 is 1.35 bits per heavy atom. The monoisotopic (exact) mass is 250 g/mol. The summed E-state index contributed by atoms with van der Waals surface area (Å²) in [6.07, 6.45) is 2.77. The number of carbonyl (C=O) groups excluding carboxylic acids is 1. The Morgan fingerprint density at radius 2 is 2.18 bits per heavy atom. The zero-order chi connectivity index (χ0) is 12.3. The van der Waals surface area contributed by atoms with Gasteiger partial charge in [-0.15, -0.1) is 5.10 Å². The van der Waals surface area contributed by atoms with Crippen LogP contribution in [-0.4, -0.2) is 26.2 Å². The topological polar surface area (TPSA) is 88.0 Å². The molecule has 0 saturated heterocycles. The van der Waals surface area contributed by atoms with E-state index in [1.165, 1.54) is 30.6 Å². The quantitative estimate of drug-likeness (QED) is 0.843. The molecule has 0 radical (unpaired) electrons. The van der Waals surface area contributed by atoms with Crippen LogP contribution in [0.5, 0.6) is 5.75 Å². The number of carbonyl (C=O) groups is 1. The Labute approximate surface area is 101 Å². The van der Waals surface area contributed by atoms with E-state index in [1.807, 2.05) is 0 Å². The molecule has 1 amide bonds. The molecule has 0 bridgehead atoms. The lowest BCUT2D eigenvalue weighted by molar-refractivity contribution is 0.102. The van der Waals surface area contributed by atoms with Crippen LogP contribution < -0.4 is 5.32 Å². The first-order valence-corrected chi connectivity index (χ1v) is 4.98. The summed E-state index contributed by atoms with van der Waals surface area (Å²) < 4.78 is 0. The minimum atomic E-state index is -0.557. The molecule has 0 atom stereocenters. The number of hydrogen-bond acceptors (Lipinski definition) is 5. The third-order valence-electron chi connectivity index (χ3n) is 1.91. The van der Waals surface area contributed by atoms with Gasteiger partial charge in [0.1, 0.15) is 5.75 Å². The summed E-state index contributed by atoms with van der Waals surface area (Å²) in [5.74, 6) is -0.675. The van der Waals surface area contributed by atoms with Crippen molar-refractivity contribution in [3.05, 3.63) is 41.2 Å². The van der Waals surface area contributed by atoms with Crippen LogP contribution in [0.15, 0.2) is 30.6 Å². The van der Waals surface area contributed by atoms with E-state index < -0.39 is 5.91 Å². The first-order chi connectivity index (χ1) is 8.16. The summed E-state index contributed by atoms with van der Waals surface area (Å²) >= 11 is 5.73. The Morgan fingerprint density at radius 3 is 2.88 bits per heavy atom. The third kappa shape index (κ3) is 2.67. The average molecular weight is 251 g/mol. The molecule has 0 aliphatic carbocycles. The molecule has 1 aromatic heterocycles. The Balaban J connectivity index is 2.23. The molecule has 2 rings (SSSR count). The van der Waals surface area contributed by atoms with Gasteiger partial charge in [0.05, 0.1) is 18.0 Å². The highest BCUT2D eigenvalue weighted by atomic mass is 35.5. The zero-order valence-electron chi connectivity index (χ0n) is 8.46. The molecule has 0 fully saturated rings. The first kappa shape index (κ1) is 11.3. The van der Waals surface area contributed by atoms with Crippen LogP contribution in [-0.2, 0) is 0 Å². The van der Waals surface area contributed by atoms with Crippen molar-refractivity contribution in [2.24, 2.45) is 0 Å². The number of halogens is 1. The van der Waals surface area contributed by atoms with Crippen LogP contribution in [0.2, 0.25) is 5.02 Å². The minimum Gasteiger partial charge on any atom is -0.507 e. The number of anilines is 1. The maximum absolute atomic E-state index is 11.7. The van der Waals surface area contributed by atoms with Gasteiger partial charge in [-0.2, -0.15) is 5.10 Å². The number of nitrogens with zero attached hydrogens (tertiary/aromatic N) is 3. The number of benzene rings is 1. The second kappa shape index (κ2) is 4.75. The van der Waals surface area contributed by atoms with Crippen molar-refractivity contribution >= 4 is 23.5 Å². The lowest BCUT2D eigenvalue weighted by Gasteiger charge is -2.04. The highest BCUT2D eigenvalue weighted by Crippen LogP contribution is 2.21. The van der Waals surface area contributed by atoms with Crippen molar-refractivity contribution in [1.82, 2.24) is 15.2 Å². The van der Waals surface area contributed by atoms with Gasteiger partial charge in [-0.25, -0.2) is 4.98 Å². The summed E-state index contributed by atoms with van der Waals surface area (Å²) in [6, 6.07) is 4.16. The molecule has 7 heteroatoms. The largest absolute Gasteiger partial charge is 0.507 e. The van der Waals surface area contributed by atoms with Gasteiger partial charge >= 0.3 is 0 Å². The normalized spacial score (nSPS) is 9.94. The van der Waals surface area contributed by atoms with Crippen LogP contribution >= 0.6 is 11.6 Å². The molecule has 1 aromatic carbocycles. The molecule has 2 N–H and O–H groups in total. The molecule has 0 spiro atoms. The predicted molar refractivity (Wildman–Crippen MR) is 60.9 cm³/mol. The fraction of sp³-hybridized carbons (Fsp3) is 0. The van der Waals surface area contributed by atoms with Gasteiger partial charge in [-0.3, -0.25) is 10.1 Å². The molecule has 17 heavy (non-hydrogen) atoms. The van der Waals surface area contributed by atoms with E-state index in [4.69, 9.17) is 11.6 Å². The smallest absolute Gasteiger partial charge is 0.261 e. The van der Waals surface area contributed by atoms with E-state index in [1.54, 1.807) is 0 Å². The van der Waals surface area contributed by atoms with E-state index in [0.29, 0.717) is 5.02 Å². The second-order valence-corrected chi connectivity index (χ2v) is 3.52. The molecule has 1 heterocycles. The number of nitrogens with one attached hydrogen (secondary N) is 1. The van der Waals surface area contributed by atoms with E-state index in [2.05, 4.69) is 20.5 Å². The molecule has 0 aliphatic rings. The number of aromatic nitrogens is 3. The van der Waals surface area contributed by atoms with E-state index in [9.17, 15) is 9.90 Å². The summed E-state index contributed by atoms with van der Waals surface area (Å²) in [7, 11) is 0. The number of amides is 1. The van der Waals surface area contributed by atoms with Crippen molar-refractivity contribution in [3.63, 3.8) is 0 Å². The standard InChI is InChI=1S/C10H7ClN4O2/c11-6-1-2-8(16)7(5-6)9(17)14-10-12-3-4-13-15-10/h1-5,16H,(H,12,14,15,17). The molecule has 6 nitrogen and oxygen atoms in total. The van der Waals surface area contributed by atoms with Gasteiger partial charge in [0, 0.05) is 5.02 Å². The third-order valence-corrected chi connectivity index (χ3v) is 2.15. The van der Waals surface area contributed by atoms with Crippen molar-refractivity contribution in [2.45, 2.75) is 0 Å². The summed E-state index contributed by atoms with van der Waals surface area (Å²) in [6.45, 7) is 0. The molecule has 0 aliphatic heterocycles. The molecule has 86 valence electrons. The lowest BCUT2D eigenvalue weighted by Crippen LogP contribution is -2.14. The number of aromatic hydroxyl groups is 1. The van der Waals surface area contributed by atoms with Crippen LogP contribution in [0.1, 0.15) is 10.4 Å². The van der Waals surface area contributed by atoms with Crippen molar-refractivity contribution in [1.29, 1.82) is 0 Å². The van der Waals surface area contributed by atoms with Crippen LogP contribution in [0, 0.1) is 0 Å². The van der Waals surface area contributed by atoms with Gasteiger partial charge in [0.15, 0.2) is 0 Å². The van der Waals surface area contributed by atoms with E-state index >= 15 is 0 Å². The van der Waals surface area contributed by atoms with Gasteiger partial charge in [-0.1, -0.05) is 11.6 Å². The fourth-order valence-corrected chi connectivity index (χ4v) is 1.34. The van der Waals surface area contributed by atoms with E-state index in [0.717, 1.165) is 0 Å². The number of phenols is 1. The number of hydrogen-bond donors (Lipinski definition) is 2. The molecule has 2 aromatic rings. The van der Waals surface area contributed by atoms with Crippen molar-refractivity contribution in [2.75, 3.05) is 5.32 Å². The van der Waals surface area contributed by atoms with Crippen molar-refractivity contribution < 1.29 is 9.90 Å². The van der Waals surface area contributed by atoms with E-state index in [-0.39, 0.29) is 17.3 Å². The van der Waals surface area contributed by atoms with Crippen LogP contribution in [0.3, 0.4) is 0 Å². The first-order valence-electron chi connectivity index (χ1n) is 4.60. The Kier molecular flexibility index (Phi) is 3.15. The Bertz CT molecular complexity index is 547. The molecular weight excluding hydrogens is 244 g/mol. The summed E-state index contributed by atoms with van der Waals surface area (Å²) in [5.41, 5.74) is 0.0463. The molecule has 0 saturated carbocycles. The van der Waals surface area contributed by atoms with Gasteiger partial charge in [0.2, 0.25) is 5.95 Å². The SMILES string of the molecule is O=C(Nc1nccnn1)c1cc(Cl)ccc1O. The molecular formula is C10H7ClN4O2. The maximum atomic E-state index is 11.7. The minimum absolute atomic E-state index is 0.0463. The highest BCUT2D eigenvalue weighted by molar-refractivity contribution is 6.31. The highest BCUT2D eigenvalue weighted by Gasteiger charge is 2.12. The second-order valence-electron chi connectivity index (χ2n) is 3.08. The predicted octanol–water partition coefficient (Wildman–Crippen LogP) is 1.48. The number of phenolic OH excluding ortho intramolecular Hbond substituents is 1. The van der Waals surface area contributed by atoms with Crippen LogP contribution in [0.4, 0.5) is 5.95 Å². The van der Waals surface area contributed by atoms with Gasteiger partial charge < -0.3 is 5.11 Å². The number of rotatable bonds is 2. The lowest BCUT2D eigenvalue weighted by atomic mass is 10.2. The van der Waals surface area contributed by atoms with Gasteiger partial charge in [-0.05, 0) is 18.2 Å². The fourth-order valence-electron chi connectivity index (χ4n) is 1.16. The summed E-state index contributed by atoms with van der Waals surface area (Å²) in [5, 5.41) is 19.4. The Hall–Kier alpha value is -2.21. The van der Waals surface area contributed by atoms with Crippen LogP contribution in [0.25, 0.3) is 0 Å². The zero-order valence-corrected chi connectivity index (χ0v) is 9.22. The van der Waals surface area contributed by atoms with Gasteiger partial charge in [0.25, 0.3) is 5.91 Å². The maximum Gasteiger partial charge on any atom is 0.261 e.